The lowest BCUT2D eigenvalue weighted by molar-refractivity contribution is 0.213. The molecule has 0 aliphatic carbocycles. The van der Waals surface area contributed by atoms with Crippen LogP contribution in [-0.4, -0.2) is 117 Å². The Kier molecular flexibility index (Phi) is 22.8. The summed E-state index contributed by atoms with van der Waals surface area (Å²) in [5, 5.41) is 4.55. The Bertz CT molecular complexity index is 2720. The van der Waals surface area contributed by atoms with Gasteiger partial charge in [0.05, 0.1) is 73.4 Å². The summed E-state index contributed by atoms with van der Waals surface area (Å²) in [5.41, 5.74) is 6.55. The highest BCUT2D eigenvalue weighted by molar-refractivity contribution is 6.32. The molecule has 6 heterocycles. The maximum Gasteiger partial charge on any atom is 0.143 e. The maximum atomic E-state index is 5.95. The van der Waals surface area contributed by atoms with E-state index in [1.54, 1.807) is 0 Å². The standard InChI is InChI=1S/3C11H14ClNO.3C10H12ClNO/c3*1-3-13-7-8(2)14-11-5-4-9(12)6-10(11)13;3*1-7-6-12(2)9-5-8(11)3-4-10(9)13-7/h3*4-6,8H,3,7H2,1-2H3;3*3-5,7H,6H2,1-2H3/t2*8-;;2*7-;/m10.10./s1. The molecule has 0 spiro atoms. The van der Waals surface area contributed by atoms with Crippen molar-refractivity contribution in [3.8, 4) is 34.5 Å². The molecule has 81 heavy (non-hydrogen) atoms. The Morgan fingerprint density at radius 1 is 0.296 bits per heavy atom. The van der Waals surface area contributed by atoms with Crippen LogP contribution in [-0.2, 0) is 0 Å². The number of anilines is 6. The third kappa shape index (κ3) is 17.4. The van der Waals surface area contributed by atoms with Gasteiger partial charge >= 0.3 is 0 Å². The third-order valence-electron chi connectivity index (χ3n) is 13.9. The van der Waals surface area contributed by atoms with Crippen LogP contribution in [0.5, 0.6) is 34.5 Å². The minimum atomic E-state index is 0.249. The molecule has 18 heteroatoms. The van der Waals surface area contributed by atoms with Gasteiger partial charge in [0.25, 0.3) is 0 Å². The quantitative estimate of drug-likeness (QED) is 0.169. The largest absolute Gasteiger partial charge is 0.487 e. The second kappa shape index (κ2) is 29.3. The maximum absolute atomic E-state index is 5.95. The third-order valence-corrected chi connectivity index (χ3v) is 15.3. The molecule has 0 saturated heterocycles. The highest BCUT2D eigenvalue weighted by Crippen LogP contribution is 2.40. The summed E-state index contributed by atoms with van der Waals surface area (Å²) < 4.78 is 34.1. The molecule has 6 aliphatic heterocycles. The van der Waals surface area contributed by atoms with E-state index in [2.05, 4.69) is 91.7 Å². The van der Waals surface area contributed by atoms with Crippen molar-refractivity contribution in [2.75, 3.05) is 109 Å². The van der Waals surface area contributed by atoms with Gasteiger partial charge in [0.1, 0.15) is 71.1 Å². The topological polar surface area (TPSA) is 74.8 Å². The van der Waals surface area contributed by atoms with E-state index in [1.807, 2.05) is 130 Å². The Hall–Kier alpha value is -5.34. The number of rotatable bonds is 3. The van der Waals surface area contributed by atoms with Crippen molar-refractivity contribution in [2.45, 2.75) is 98.9 Å². The predicted molar refractivity (Wildman–Crippen MR) is 343 cm³/mol. The van der Waals surface area contributed by atoms with Crippen molar-refractivity contribution >= 4 is 104 Å². The lowest BCUT2D eigenvalue weighted by atomic mass is 10.2. The number of fused-ring (bicyclic) bond motifs is 6. The molecule has 0 fully saturated rings. The van der Waals surface area contributed by atoms with Crippen LogP contribution in [0, 0.1) is 0 Å². The summed E-state index contributed by atoms with van der Waals surface area (Å²) in [5.74, 6) is 5.59. The highest BCUT2D eigenvalue weighted by atomic mass is 35.5. The molecule has 0 radical (unpaired) electrons. The van der Waals surface area contributed by atoms with Crippen LogP contribution in [0.2, 0.25) is 30.1 Å². The molecule has 0 bridgehead atoms. The van der Waals surface area contributed by atoms with Gasteiger partial charge in [0.2, 0.25) is 0 Å². The summed E-state index contributed by atoms with van der Waals surface area (Å²) in [6.45, 7) is 27.4. The summed E-state index contributed by atoms with van der Waals surface area (Å²) in [6.07, 6.45) is 1.51. The minimum Gasteiger partial charge on any atom is -0.487 e. The SMILES string of the molecule is CC1CN(C)c2cc(Cl)ccc2O1.CCN1CC(C)Oc2ccc(Cl)cc21.CCN1C[C@@H](C)Oc2ccc(Cl)cc21.CCN1C[C@H](C)Oc2ccc(Cl)cc21.C[C@@H]1CN(C)c2cc(Cl)ccc2O1.C[C@H]1CN(C)c2cc(Cl)ccc2O1. The van der Waals surface area contributed by atoms with E-state index in [0.29, 0.717) is 0 Å². The Morgan fingerprint density at radius 2 is 0.469 bits per heavy atom. The van der Waals surface area contributed by atoms with Crippen LogP contribution in [0.15, 0.2) is 109 Å². The van der Waals surface area contributed by atoms with E-state index in [9.17, 15) is 0 Å². The van der Waals surface area contributed by atoms with Crippen molar-refractivity contribution in [1.29, 1.82) is 0 Å². The van der Waals surface area contributed by atoms with Crippen LogP contribution in [0.1, 0.15) is 62.3 Å². The van der Waals surface area contributed by atoms with Crippen molar-refractivity contribution in [3.63, 3.8) is 0 Å². The van der Waals surface area contributed by atoms with Crippen molar-refractivity contribution in [1.82, 2.24) is 0 Å². The monoisotopic (exact) mass is 1220 g/mol. The highest BCUT2D eigenvalue weighted by Gasteiger charge is 2.26. The smallest absolute Gasteiger partial charge is 0.143 e. The molecular weight excluding hydrogens is 1150 g/mol. The molecule has 6 aliphatic rings. The second-order valence-electron chi connectivity index (χ2n) is 21.0. The first-order valence-corrected chi connectivity index (χ1v) is 30.0. The summed E-state index contributed by atoms with van der Waals surface area (Å²) >= 11 is 35.5. The molecule has 12 nitrogen and oxygen atoms in total. The normalized spacial score (nSPS) is 20.5. The van der Waals surface area contributed by atoms with Gasteiger partial charge < -0.3 is 57.8 Å². The van der Waals surface area contributed by atoms with E-state index in [0.717, 1.165) is 158 Å². The Morgan fingerprint density at radius 3 is 0.667 bits per heavy atom. The van der Waals surface area contributed by atoms with Gasteiger partial charge in [-0.15, -0.1) is 0 Å². The fourth-order valence-corrected chi connectivity index (χ4v) is 11.3. The number of halogens is 6. The van der Waals surface area contributed by atoms with E-state index in [4.69, 9.17) is 98.0 Å². The van der Waals surface area contributed by atoms with Crippen LogP contribution < -0.4 is 57.8 Å². The van der Waals surface area contributed by atoms with E-state index >= 15 is 0 Å². The van der Waals surface area contributed by atoms with Crippen LogP contribution in [0.3, 0.4) is 0 Å². The van der Waals surface area contributed by atoms with E-state index < -0.39 is 0 Å². The summed E-state index contributed by atoms with van der Waals surface area (Å²) in [6, 6.07) is 34.4. The van der Waals surface area contributed by atoms with Crippen LogP contribution in [0.4, 0.5) is 34.1 Å². The average Bonchev–Trinajstić information content (AvgIpc) is 3.53. The van der Waals surface area contributed by atoms with Crippen LogP contribution in [0.25, 0.3) is 0 Å². The van der Waals surface area contributed by atoms with Gasteiger partial charge in [0, 0.05) is 70.9 Å². The first kappa shape index (κ1) is 63.2. The lowest BCUT2D eigenvalue weighted by Crippen LogP contribution is -2.38. The van der Waals surface area contributed by atoms with Gasteiger partial charge in [-0.3, -0.25) is 0 Å². The van der Waals surface area contributed by atoms with Gasteiger partial charge in [0.15, 0.2) is 0 Å². The molecule has 0 aromatic heterocycles. The number of ether oxygens (including phenoxy) is 6. The summed E-state index contributed by atoms with van der Waals surface area (Å²) in [7, 11) is 6.15. The number of hydrogen-bond donors (Lipinski definition) is 0. The molecule has 0 N–H and O–H groups in total. The zero-order valence-electron chi connectivity index (χ0n) is 48.6. The van der Waals surface area contributed by atoms with Gasteiger partial charge in [-0.05, 0) is 172 Å². The van der Waals surface area contributed by atoms with Crippen molar-refractivity contribution < 1.29 is 28.4 Å². The molecule has 12 rings (SSSR count). The number of likely N-dealkylation sites (N-methyl/N-ethyl adjacent to an activating group) is 6. The lowest BCUT2D eigenvalue weighted by Gasteiger charge is -2.34. The molecule has 6 aromatic rings. The molecule has 6 atom stereocenters. The number of benzene rings is 6. The zero-order valence-corrected chi connectivity index (χ0v) is 53.2. The average molecular weight is 1230 g/mol. The molecule has 438 valence electrons. The zero-order chi connectivity index (χ0) is 58.7. The first-order valence-electron chi connectivity index (χ1n) is 27.8. The van der Waals surface area contributed by atoms with Gasteiger partial charge in [-0.1, -0.05) is 69.6 Å². The minimum absolute atomic E-state index is 0.249. The van der Waals surface area contributed by atoms with E-state index in [-0.39, 0.29) is 36.6 Å². The predicted octanol–water partition coefficient (Wildman–Crippen LogP) is 16.5. The van der Waals surface area contributed by atoms with Crippen molar-refractivity contribution in [3.05, 3.63) is 139 Å². The number of hydrogen-bond acceptors (Lipinski definition) is 12. The Labute approximate surface area is 511 Å². The summed E-state index contributed by atoms with van der Waals surface area (Å²) in [4.78, 5) is 13.3. The molecule has 2 unspecified atom stereocenters. The van der Waals surface area contributed by atoms with Crippen LogP contribution >= 0.6 is 69.6 Å². The molecular formula is C63H78Cl6N6O6. The van der Waals surface area contributed by atoms with Gasteiger partial charge in [-0.25, -0.2) is 0 Å². The second-order valence-corrected chi connectivity index (χ2v) is 23.6. The van der Waals surface area contributed by atoms with Crippen molar-refractivity contribution in [2.24, 2.45) is 0 Å². The fourth-order valence-electron chi connectivity index (χ4n) is 10.3. The molecule has 0 saturated carbocycles. The van der Waals surface area contributed by atoms with E-state index in [1.165, 1.54) is 0 Å². The molecule has 6 aromatic carbocycles. The first-order chi connectivity index (χ1) is 38.6. The molecule has 0 amide bonds. The van der Waals surface area contributed by atoms with Gasteiger partial charge in [-0.2, -0.15) is 0 Å². The Balaban J connectivity index is 0.000000140. The fraction of sp³-hybridized carbons (Fsp3) is 0.429. The number of nitrogens with zero attached hydrogens (tertiary/aromatic N) is 6.